The molecule has 6 aliphatic rings. The Morgan fingerprint density at radius 2 is 0.737 bits per heavy atom. The molecule has 25 unspecified atom stereocenters. The fourth-order valence-corrected chi connectivity index (χ4v) is 12.4. The zero-order valence-corrected chi connectivity index (χ0v) is 60.9. The second kappa shape index (κ2) is 38.3. The molecule has 43 nitrogen and oxygen atoms in total. The smallest absolute Gasteiger partial charge is 0.330 e. The SMILES string of the molecule is O=C(O)CC(=O)OCC1OC(OC2=C(c3ccc(O)c(OC4OC(COC(=O)C=Cc5ccc(OC6OC(COC(=O)C=Cc7ccc(OC8OC(CO)C(O)C(O)C8O)c(O)c7)C(O)C(O)C6O)c(O)c5)C(O)C(O)C4O)c3)Oc3cc(OC4OC(COC(=O)C=Cc5ccc(O)c(O)c5)C(O)C(O)C4O)cc(O)c3C2)C(O)C(O)C1O. The van der Waals surface area contributed by atoms with E-state index in [0.29, 0.717) is 0 Å². The third kappa shape index (κ3) is 20.8. The van der Waals surface area contributed by atoms with Crippen molar-refractivity contribution in [3.8, 4) is 63.2 Å². The maximum absolute atomic E-state index is 13.2. The van der Waals surface area contributed by atoms with Crippen molar-refractivity contribution in [3.63, 3.8) is 0 Å². The molecule has 25 atom stereocenters. The summed E-state index contributed by atoms with van der Waals surface area (Å²) in [4.78, 5) is 61.9. The Bertz CT molecular complexity index is 4530. The third-order valence-corrected chi connectivity index (χ3v) is 19.0. The summed E-state index contributed by atoms with van der Waals surface area (Å²) >= 11 is 0. The number of benzene rings is 5. The first kappa shape index (κ1) is 88.0. The molecule has 5 saturated heterocycles. The Balaban J connectivity index is 0.729. The van der Waals surface area contributed by atoms with Gasteiger partial charge >= 0.3 is 29.8 Å². The number of phenolic OH excluding ortho intramolecular Hbond substituents is 6. The van der Waals surface area contributed by atoms with Crippen molar-refractivity contribution >= 4 is 53.8 Å². The predicted octanol–water partition coefficient (Wildman–Crippen LogP) is -5.43. The van der Waals surface area contributed by atoms with E-state index in [9.17, 15) is 136 Å². The van der Waals surface area contributed by atoms with Gasteiger partial charge in [0.2, 0.25) is 31.5 Å². The van der Waals surface area contributed by atoms with Gasteiger partial charge in [-0.25, -0.2) is 14.4 Å². The highest BCUT2D eigenvalue weighted by atomic mass is 16.7. The Morgan fingerprint density at radius 1 is 0.364 bits per heavy atom. The molecule has 118 heavy (non-hydrogen) atoms. The van der Waals surface area contributed by atoms with Gasteiger partial charge in [-0.1, -0.05) is 18.2 Å². The van der Waals surface area contributed by atoms with Crippen molar-refractivity contribution in [2.45, 2.75) is 166 Å². The van der Waals surface area contributed by atoms with Crippen molar-refractivity contribution in [2.24, 2.45) is 0 Å². The van der Waals surface area contributed by atoms with Gasteiger partial charge in [0.05, 0.1) is 6.61 Å². The van der Waals surface area contributed by atoms with E-state index < -0.39 is 281 Å². The summed E-state index contributed by atoms with van der Waals surface area (Å²) in [6.07, 6.45) is -42.2. The van der Waals surface area contributed by atoms with E-state index in [4.69, 9.17) is 76.2 Å². The van der Waals surface area contributed by atoms with Crippen molar-refractivity contribution < 1.29 is 212 Å². The van der Waals surface area contributed by atoms with E-state index in [-0.39, 0.29) is 50.8 Å². The second-order valence-electron chi connectivity index (χ2n) is 27.3. The van der Waals surface area contributed by atoms with Crippen LogP contribution in [-0.2, 0) is 77.8 Å². The minimum absolute atomic E-state index is 0.0963. The number of hydrogen-bond acceptors (Lipinski definition) is 42. The number of aliphatic hydroxyl groups excluding tert-OH is 16. The molecule has 6 aliphatic heterocycles. The molecular weight excluding hydrogens is 1590 g/mol. The number of carboxylic acids is 1. The maximum atomic E-state index is 13.2. The summed E-state index contributed by atoms with van der Waals surface area (Å²) in [5.74, 6) is -12.3. The highest BCUT2D eigenvalue weighted by Crippen LogP contribution is 2.46. The fourth-order valence-electron chi connectivity index (χ4n) is 12.4. The molecule has 0 radical (unpaired) electrons. The zero-order valence-electron chi connectivity index (χ0n) is 60.9. The highest BCUT2D eigenvalue weighted by Gasteiger charge is 2.51. The number of rotatable bonds is 28. The number of aliphatic carboxylic acids is 1. The monoisotopic (exact) mass is 1670 g/mol. The number of fused-ring (bicyclic) bond motifs is 1. The molecule has 5 fully saturated rings. The minimum atomic E-state index is -2.15. The molecule has 5 aromatic rings. The number of hydrogen-bond donors (Lipinski definition) is 23. The number of aliphatic hydroxyl groups is 16. The van der Waals surface area contributed by atoms with Gasteiger partial charge in [-0.2, -0.15) is 0 Å². The summed E-state index contributed by atoms with van der Waals surface area (Å²) in [7, 11) is 0. The normalized spacial score (nSPS) is 31.6. The quantitative estimate of drug-likeness (QED) is 0.00731. The molecule has 0 saturated carbocycles. The number of esters is 4. The molecular formula is C75H82O43. The van der Waals surface area contributed by atoms with Gasteiger partial charge in [0.25, 0.3) is 0 Å². The third-order valence-electron chi connectivity index (χ3n) is 19.0. The lowest BCUT2D eigenvalue weighted by Crippen LogP contribution is -2.60. The van der Waals surface area contributed by atoms with E-state index >= 15 is 0 Å². The van der Waals surface area contributed by atoms with Crippen LogP contribution in [0.3, 0.4) is 0 Å². The summed E-state index contributed by atoms with van der Waals surface area (Å²) in [6, 6.07) is 16.1. The number of allylic oxidation sites excluding steroid dienone is 1. The molecule has 0 amide bonds. The summed E-state index contributed by atoms with van der Waals surface area (Å²) in [5, 5.41) is 244. The van der Waals surface area contributed by atoms with Crippen molar-refractivity contribution in [2.75, 3.05) is 33.0 Å². The van der Waals surface area contributed by atoms with Gasteiger partial charge in [0, 0.05) is 47.9 Å². The lowest BCUT2D eigenvalue weighted by Gasteiger charge is -2.41. The number of carbonyl (C=O) groups is 5. The molecule has 11 rings (SSSR count). The minimum Gasteiger partial charge on any atom is -0.507 e. The van der Waals surface area contributed by atoms with Crippen LogP contribution in [0.25, 0.3) is 24.0 Å². The molecule has 0 bridgehead atoms. The zero-order chi connectivity index (χ0) is 85.4. The lowest BCUT2D eigenvalue weighted by molar-refractivity contribution is -0.292. The van der Waals surface area contributed by atoms with Crippen LogP contribution in [0.2, 0.25) is 0 Å². The first-order chi connectivity index (χ1) is 56.0. The van der Waals surface area contributed by atoms with E-state index in [2.05, 4.69) is 0 Å². The standard InChI is InChI=1S/C75H82O43/c76-23-45-55(89)60(94)66(100)72(114-45)110-40-10-2-29(16-38(40)81)5-13-52(86)105-25-47-57(91)62(96)67(101)73(116-47)111-41-11-3-30(17-39(41)82)6-14-53(87)106-26-48-58(92)63(97)68(102)74(117-48)112-43-18-31(7-9-35(43)78)70-44(113-75-69(103)64(98)59(93)49(118-75)27-107-54(88)22-50(83)84)21-33-36(79)19-32(20-42(33)109-70)108-71-65(99)61(95)56(90)46(115-71)24-104-51(85)12-4-28-1-8-34(77)37(80)15-28/h1-20,45-49,55-69,71-82,89-103H,21-27H2,(H,83,84). The molecule has 0 aromatic heterocycles. The average molecular weight is 1670 g/mol. The van der Waals surface area contributed by atoms with E-state index in [1.807, 2.05) is 0 Å². The molecule has 5 aromatic carbocycles. The van der Waals surface area contributed by atoms with E-state index in [1.165, 1.54) is 42.5 Å². The lowest BCUT2D eigenvalue weighted by atomic mass is 9.98. The maximum Gasteiger partial charge on any atom is 0.330 e. The van der Waals surface area contributed by atoms with Crippen LogP contribution in [0.4, 0.5) is 0 Å². The second-order valence-corrected chi connectivity index (χ2v) is 27.3. The van der Waals surface area contributed by atoms with Crippen molar-refractivity contribution in [1.29, 1.82) is 0 Å². The molecule has 43 heteroatoms. The van der Waals surface area contributed by atoms with Gasteiger partial charge in [-0.15, -0.1) is 0 Å². The Morgan fingerprint density at radius 3 is 1.15 bits per heavy atom. The molecule has 0 spiro atoms. The van der Waals surface area contributed by atoms with Gasteiger partial charge in [0.1, 0.15) is 178 Å². The number of aromatic hydroxyl groups is 6. The number of ether oxygens (including phenoxy) is 15. The number of phenols is 6. The van der Waals surface area contributed by atoms with Crippen molar-refractivity contribution in [3.05, 3.63) is 137 Å². The van der Waals surface area contributed by atoms with Crippen molar-refractivity contribution in [1.82, 2.24) is 0 Å². The van der Waals surface area contributed by atoms with Crippen LogP contribution >= 0.6 is 0 Å². The van der Waals surface area contributed by atoms with Crippen LogP contribution in [0.15, 0.2) is 109 Å². The van der Waals surface area contributed by atoms with Gasteiger partial charge in [-0.3, -0.25) is 9.59 Å². The van der Waals surface area contributed by atoms with Gasteiger partial charge in [-0.05, 0) is 89.5 Å². The van der Waals surface area contributed by atoms with Crippen LogP contribution in [-0.4, -0.2) is 334 Å². The Kier molecular flexibility index (Phi) is 28.5. The summed E-state index contributed by atoms with van der Waals surface area (Å²) in [6.45, 7) is -3.99. The van der Waals surface area contributed by atoms with E-state index in [1.54, 1.807) is 0 Å². The predicted molar refractivity (Wildman–Crippen MR) is 381 cm³/mol. The molecule has 640 valence electrons. The van der Waals surface area contributed by atoms with Crippen LogP contribution in [0.1, 0.15) is 34.2 Å². The van der Waals surface area contributed by atoms with Crippen LogP contribution in [0, 0.1) is 0 Å². The molecule has 23 N–H and O–H groups in total. The number of carboxylic acid groups (broad SMARTS) is 1. The Labute approximate surface area is 663 Å². The first-order valence-electron chi connectivity index (χ1n) is 35.7. The van der Waals surface area contributed by atoms with E-state index in [0.717, 1.165) is 78.9 Å². The Hall–Kier alpha value is -10.8. The average Bonchev–Trinajstić information content (AvgIpc) is 0.761. The van der Waals surface area contributed by atoms with Crippen LogP contribution < -0.4 is 23.7 Å². The first-order valence-corrected chi connectivity index (χ1v) is 35.7. The van der Waals surface area contributed by atoms with Crippen LogP contribution in [0.5, 0.6) is 63.2 Å². The highest BCUT2D eigenvalue weighted by molar-refractivity contribution is 5.90. The van der Waals surface area contributed by atoms with Gasteiger partial charge in [0.15, 0.2) is 51.8 Å². The summed E-state index contributed by atoms with van der Waals surface area (Å²) in [5.41, 5.74) is 0.239. The fraction of sp³-hybridized carbons (Fsp3) is 0.427. The number of carbonyl (C=O) groups excluding carboxylic acids is 4. The largest absolute Gasteiger partial charge is 0.507 e. The molecule has 6 heterocycles. The topological polar surface area (TPSA) is 689 Å². The summed E-state index contributed by atoms with van der Waals surface area (Å²) < 4.78 is 83.9. The molecule has 0 aliphatic carbocycles. The van der Waals surface area contributed by atoms with Gasteiger partial charge < -0.3 is 189 Å².